The number of hydrogen-bond acceptors (Lipinski definition) is 11. The number of hydrogen-bond donors (Lipinski definition) is 10. The molecule has 0 rings (SSSR count). The maximum atomic E-state index is 11.4. The fourth-order valence-corrected chi connectivity index (χ4v) is 5.99. The van der Waals surface area contributed by atoms with E-state index in [0.29, 0.717) is 13.0 Å². The van der Waals surface area contributed by atoms with Crippen molar-refractivity contribution in [3.05, 3.63) is 0 Å². The van der Waals surface area contributed by atoms with Crippen LogP contribution in [0.3, 0.4) is 0 Å². The van der Waals surface area contributed by atoms with E-state index >= 15 is 0 Å². The molecule has 24 heteroatoms. The maximum absolute atomic E-state index is 11.4. The van der Waals surface area contributed by atoms with Gasteiger partial charge < -0.3 is 35.7 Å². The molecule has 0 aromatic heterocycles. The van der Waals surface area contributed by atoms with Crippen molar-refractivity contribution in [2.75, 3.05) is 6.61 Å². The molecule has 0 radical (unpaired) electrons. The van der Waals surface area contributed by atoms with E-state index in [0.717, 1.165) is 32.1 Å². The van der Waals surface area contributed by atoms with Crippen molar-refractivity contribution in [3.8, 4) is 0 Å². The predicted octanol–water partition coefficient (Wildman–Crippen LogP) is 3.54. The third-order valence-electron chi connectivity index (χ3n) is 8.05. The van der Waals surface area contributed by atoms with Crippen LogP contribution < -0.4 is 0 Å². The van der Waals surface area contributed by atoms with Crippen LogP contribution in [0.25, 0.3) is 0 Å². The second kappa shape index (κ2) is 43.7. The average molecular weight is 915 g/mol. The molecule has 0 aliphatic carbocycles. The number of aliphatic hydroxyl groups is 2. The molecule has 0 aromatic carbocycles. The Morgan fingerprint density at radius 3 is 0.914 bits per heavy atom. The molecule has 0 heterocycles. The predicted molar refractivity (Wildman–Crippen MR) is 222 cm³/mol. The summed E-state index contributed by atoms with van der Waals surface area (Å²) in [5.74, 6) is -8.40. The molecule has 334 valence electrons. The van der Waals surface area contributed by atoms with Gasteiger partial charge in [0.2, 0.25) is 4.75 Å². The van der Waals surface area contributed by atoms with Gasteiger partial charge in [0.1, 0.15) is 0 Å². The van der Waals surface area contributed by atoms with Gasteiger partial charge in [-0.2, -0.15) is 16.8 Å². The first-order valence-corrected chi connectivity index (χ1v) is 21.3. The first-order chi connectivity index (χ1) is 25.4. The molecule has 58 heavy (non-hydrogen) atoms. The van der Waals surface area contributed by atoms with E-state index in [4.69, 9.17) is 53.3 Å². The Bertz CT molecular complexity index is 1250. The fraction of sp³-hybridized carbons (Fsp3) is 0.853. The van der Waals surface area contributed by atoms with Crippen molar-refractivity contribution >= 4 is 139 Å². The van der Waals surface area contributed by atoms with E-state index < -0.39 is 86.4 Å². The summed E-state index contributed by atoms with van der Waals surface area (Å²) in [4.78, 5) is 52.6. The number of unbranched alkanes of at least 4 members (excludes halogenated alkanes) is 18. The summed E-state index contributed by atoms with van der Waals surface area (Å²) < 4.78 is 61.0. The van der Waals surface area contributed by atoms with Crippen molar-refractivity contribution in [1.29, 1.82) is 0 Å². The summed E-state index contributed by atoms with van der Waals surface area (Å²) >= 11 is 0. The third kappa shape index (κ3) is 48.7. The Balaban J connectivity index is -0.000000131. The molecule has 0 aliphatic heterocycles. The van der Waals surface area contributed by atoms with Crippen molar-refractivity contribution in [3.63, 3.8) is 0 Å². The van der Waals surface area contributed by atoms with Gasteiger partial charge in [0, 0.05) is 6.61 Å². The van der Waals surface area contributed by atoms with Gasteiger partial charge in [-0.05, 0) is 12.8 Å². The summed E-state index contributed by atoms with van der Waals surface area (Å²) in [6, 6.07) is 0. The SMILES string of the molecule is CCCCCCCCCCCCC(CC(=O)O)(C(=O)O)S(=O)(=O)O.CCCCCCCCCCCCO.O=C(O)CC(O)(CC(=O)O)C(=O)O.O=S(=O)(O)O.[NaH].[NaH].[NaH]. The monoisotopic (exact) mass is 914 g/mol. The number of aliphatic hydroxyl groups excluding tert-OH is 1. The van der Waals surface area contributed by atoms with Gasteiger partial charge in [-0.3, -0.25) is 32.8 Å². The van der Waals surface area contributed by atoms with Crippen LogP contribution in [0.15, 0.2) is 0 Å². The summed E-state index contributed by atoms with van der Waals surface area (Å²) in [7, 11) is -9.68. The van der Waals surface area contributed by atoms with E-state index in [9.17, 15) is 36.9 Å². The Hall–Kier alpha value is 0.0500. The van der Waals surface area contributed by atoms with Crippen LogP contribution in [0, 0.1) is 0 Å². The van der Waals surface area contributed by atoms with Gasteiger partial charge in [-0.25, -0.2) is 4.79 Å². The van der Waals surface area contributed by atoms with E-state index in [1.807, 2.05) is 0 Å². The van der Waals surface area contributed by atoms with Gasteiger partial charge >= 0.3 is 129 Å². The first-order valence-electron chi connectivity index (χ1n) is 18.5. The number of carbonyl (C=O) groups is 5. The molecule has 0 saturated heterocycles. The first kappa shape index (κ1) is 72.5. The van der Waals surface area contributed by atoms with Crippen LogP contribution in [0.4, 0.5) is 0 Å². The van der Waals surface area contributed by atoms with Crippen molar-refractivity contribution in [1.82, 2.24) is 0 Å². The molecule has 0 aromatic rings. The van der Waals surface area contributed by atoms with Crippen LogP contribution in [0.5, 0.6) is 0 Å². The molecule has 0 amide bonds. The molecule has 19 nitrogen and oxygen atoms in total. The number of rotatable bonds is 30. The van der Waals surface area contributed by atoms with Gasteiger partial charge in [0.15, 0.2) is 5.60 Å². The number of carboxylic acids is 5. The van der Waals surface area contributed by atoms with Gasteiger partial charge in [-0.15, -0.1) is 0 Å². The second-order valence-corrected chi connectivity index (χ2v) is 15.7. The van der Waals surface area contributed by atoms with Crippen LogP contribution in [0.1, 0.15) is 168 Å². The van der Waals surface area contributed by atoms with E-state index in [1.165, 1.54) is 83.5 Å². The Labute approximate surface area is 410 Å². The Morgan fingerprint density at radius 1 is 0.448 bits per heavy atom. The molecule has 0 saturated carbocycles. The van der Waals surface area contributed by atoms with Gasteiger partial charge in [-0.1, -0.05) is 136 Å². The summed E-state index contributed by atoms with van der Waals surface area (Å²) in [6.45, 7) is 4.79. The quantitative estimate of drug-likeness (QED) is 0.0280. The zero-order valence-electron chi connectivity index (χ0n) is 32.1. The topological polar surface area (TPSA) is 356 Å². The molecular formula is C34H69Na3O19S2. The Kier molecular flexibility index (Phi) is 54.6. The van der Waals surface area contributed by atoms with Crippen LogP contribution in [-0.2, 0) is 44.5 Å². The van der Waals surface area contributed by atoms with Crippen LogP contribution in [0.2, 0.25) is 0 Å². The average Bonchev–Trinajstić information content (AvgIpc) is 3.02. The van der Waals surface area contributed by atoms with E-state index in [-0.39, 0.29) is 95.1 Å². The van der Waals surface area contributed by atoms with Gasteiger partial charge in [0.05, 0.1) is 19.3 Å². The molecular weight excluding hydrogens is 845 g/mol. The molecule has 0 bridgehead atoms. The number of aliphatic carboxylic acids is 5. The van der Waals surface area contributed by atoms with Crippen molar-refractivity contribution in [2.24, 2.45) is 0 Å². The van der Waals surface area contributed by atoms with Crippen molar-refractivity contribution < 1.29 is 90.2 Å². The van der Waals surface area contributed by atoms with E-state index in [2.05, 4.69) is 13.8 Å². The summed E-state index contributed by atoms with van der Waals surface area (Å²) in [6.07, 6.45) is 19.3. The van der Waals surface area contributed by atoms with Crippen LogP contribution in [-0.4, -0.2) is 202 Å². The normalized spacial score (nSPS) is 11.7. The minimum absolute atomic E-state index is 0. The standard InChI is InChI=1S/C16H30O7S.C12H26O.C6H8O7.3Na.H2O4S.3H/c1-2-3-4-5-6-7-8-9-10-11-12-16(15(19)20,13-14(17)18)24(21,22)23;1-2-3-4-5-6-7-8-9-10-11-12-13;7-3(8)1-6(13,5(11)12)2-4(9)10;;;;1-5(2,3)4;;;/h2-13H2,1H3,(H,17,18)(H,19,20)(H,21,22,23);13H,2-12H2,1H3;13H,1-2H2,(H,7,8)(H,9,10)(H,11,12);;;;(H2,1,2,3,4);;;. The zero-order chi connectivity index (χ0) is 43.6. The molecule has 0 aliphatic rings. The summed E-state index contributed by atoms with van der Waals surface area (Å²) in [5.41, 5.74) is -2.74. The van der Waals surface area contributed by atoms with Gasteiger partial charge in [0.25, 0.3) is 10.1 Å². The van der Waals surface area contributed by atoms with Crippen LogP contribution >= 0.6 is 0 Å². The molecule has 0 spiro atoms. The third-order valence-corrected chi connectivity index (χ3v) is 9.56. The van der Waals surface area contributed by atoms with E-state index in [1.54, 1.807) is 0 Å². The molecule has 0 fully saturated rings. The molecule has 1 unspecified atom stereocenters. The number of carboxylic acid groups (broad SMARTS) is 5. The second-order valence-electron chi connectivity index (χ2n) is 13.1. The van der Waals surface area contributed by atoms with Crippen molar-refractivity contribution in [2.45, 2.75) is 178 Å². The Morgan fingerprint density at radius 2 is 0.707 bits per heavy atom. The fourth-order valence-electron chi connectivity index (χ4n) is 5.06. The molecule has 1 atom stereocenters. The zero-order valence-corrected chi connectivity index (χ0v) is 33.8. The summed E-state index contributed by atoms with van der Waals surface area (Å²) in [5, 5.41) is 60.3. The molecule has 10 N–H and O–H groups in total. The minimum atomic E-state index is -5.01.